The summed E-state index contributed by atoms with van der Waals surface area (Å²) >= 11 is 0. The van der Waals surface area contributed by atoms with Crippen LogP contribution in [-0.2, 0) is 14.3 Å². The third kappa shape index (κ3) is 11.4. The van der Waals surface area contributed by atoms with Crippen molar-refractivity contribution in [2.45, 2.75) is 19.8 Å². The highest BCUT2D eigenvalue weighted by Gasteiger charge is 1.98. The van der Waals surface area contributed by atoms with Crippen LogP contribution in [-0.4, -0.2) is 52.5 Å². The number of carbonyl (C=O) groups is 1. The van der Waals surface area contributed by atoms with Gasteiger partial charge in [-0.15, -0.1) is 0 Å². The van der Waals surface area contributed by atoms with Gasteiger partial charge in [-0.2, -0.15) is 0 Å². The molecule has 0 aliphatic rings. The Balaban J connectivity index is 3.05. The molecule has 0 radical (unpaired) electrons. The molecule has 0 bridgehead atoms. The van der Waals surface area contributed by atoms with Gasteiger partial charge in [-0.25, -0.2) is 0 Å². The van der Waals surface area contributed by atoms with E-state index in [9.17, 15) is 4.79 Å². The summed E-state index contributed by atoms with van der Waals surface area (Å²) in [5, 5.41) is 5.97. The van der Waals surface area contributed by atoms with E-state index in [1.807, 2.05) is 6.92 Å². The fourth-order valence-electron chi connectivity index (χ4n) is 1.07. The normalized spacial score (nSPS) is 10.4. The summed E-state index contributed by atoms with van der Waals surface area (Å²) in [6.45, 7) is 6.16. The van der Waals surface area contributed by atoms with Gasteiger partial charge in [-0.1, -0.05) is 6.92 Å². The monoisotopic (exact) mass is 232 g/mol. The third-order valence-corrected chi connectivity index (χ3v) is 1.96. The Kier molecular flexibility index (Phi) is 11.9. The van der Waals surface area contributed by atoms with Gasteiger partial charge in [-0.05, 0) is 6.42 Å². The number of amides is 1. The van der Waals surface area contributed by atoms with Crippen LogP contribution >= 0.6 is 0 Å². The molecule has 0 spiro atoms. The smallest absolute Gasteiger partial charge is 0.221 e. The van der Waals surface area contributed by atoms with Crippen molar-refractivity contribution in [3.63, 3.8) is 0 Å². The van der Waals surface area contributed by atoms with Crippen LogP contribution in [0.5, 0.6) is 0 Å². The fraction of sp³-hybridized carbons (Fsp3) is 0.909. The SMILES string of the molecule is CCCNC(=O)CCNCCOCCOC. The second-order valence-electron chi connectivity index (χ2n) is 3.46. The molecule has 0 aromatic heterocycles. The summed E-state index contributed by atoms with van der Waals surface area (Å²) in [4.78, 5) is 11.2. The number of hydrogen-bond acceptors (Lipinski definition) is 4. The maximum Gasteiger partial charge on any atom is 0.221 e. The van der Waals surface area contributed by atoms with Crippen molar-refractivity contribution in [3.8, 4) is 0 Å². The Labute approximate surface area is 97.9 Å². The van der Waals surface area contributed by atoms with E-state index >= 15 is 0 Å². The van der Waals surface area contributed by atoms with E-state index in [0.717, 1.165) is 19.5 Å². The highest BCUT2D eigenvalue weighted by Crippen LogP contribution is 1.79. The predicted molar refractivity (Wildman–Crippen MR) is 63.5 cm³/mol. The van der Waals surface area contributed by atoms with Gasteiger partial charge in [0.25, 0.3) is 0 Å². The molecule has 0 unspecified atom stereocenters. The standard InChI is InChI=1S/C11H24N2O3/c1-3-5-13-11(14)4-6-12-7-8-16-10-9-15-2/h12H,3-10H2,1-2H3,(H,13,14). The largest absolute Gasteiger partial charge is 0.382 e. The second-order valence-corrected chi connectivity index (χ2v) is 3.46. The fourth-order valence-corrected chi connectivity index (χ4v) is 1.07. The van der Waals surface area contributed by atoms with Crippen LogP contribution in [0, 0.1) is 0 Å². The lowest BCUT2D eigenvalue weighted by molar-refractivity contribution is -0.120. The molecule has 2 N–H and O–H groups in total. The van der Waals surface area contributed by atoms with Crippen LogP contribution in [0.25, 0.3) is 0 Å². The Morgan fingerprint density at radius 2 is 1.94 bits per heavy atom. The molecule has 1 amide bonds. The lowest BCUT2D eigenvalue weighted by atomic mass is 10.3. The van der Waals surface area contributed by atoms with Crippen LogP contribution in [0.15, 0.2) is 0 Å². The van der Waals surface area contributed by atoms with Gasteiger partial charge < -0.3 is 20.1 Å². The van der Waals surface area contributed by atoms with E-state index in [0.29, 0.717) is 32.8 Å². The molecule has 0 fully saturated rings. The van der Waals surface area contributed by atoms with Crippen LogP contribution in [0.4, 0.5) is 0 Å². The molecule has 0 aromatic carbocycles. The Hall–Kier alpha value is -0.650. The van der Waals surface area contributed by atoms with Gasteiger partial charge >= 0.3 is 0 Å². The molecule has 5 nitrogen and oxygen atoms in total. The highest BCUT2D eigenvalue weighted by molar-refractivity contribution is 5.75. The zero-order chi connectivity index (χ0) is 12.1. The van der Waals surface area contributed by atoms with Crippen LogP contribution in [0.1, 0.15) is 19.8 Å². The van der Waals surface area contributed by atoms with Crippen molar-refractivity contribution in [2.75, 3.05) is 46.6 Å². The van der Waals surface area contributed by atoms with Crippen LogP contribution in [0.2, 0.25) is 0 Å². The van der Waals surface area contributed by atoms with Crippen molar-refractivity contribution < 1.29 is 14.3 Å². The molecular weight excluding hydrogens is 208 g/mol. The van der Waals surface area contributed by atoms with Crippen LogP contribution < -0.4 is 10.6 Å². The van der Waals surface area contributed by atoms with Gasteiger partial charge in [0.15, 0.2) is 0 Å². The predicted octanol–water partition coefficient (Wildman–Crippen LogP) is 0.155. The Bertz CT molecular complexity index is 165. The lowest BCUT2D eigenvalue weighted by Crippen LogP contribution is -2.29. The van der Waals surface area contributed by atoms with Gasteiger partial charge in [0.1, 0.15) is 0 Å². The zero-order valence-corrected chi connectivity index (χ0v) is 10.4. The number of nitrogens with one attached hydrogen (secondary N) is 2. The van der Waals surface area contributed by atoms with Crippen molar-refractivity contribution in [1.29, 1.82) is 0 Å². The molecular formula is C11H24N2O3. The van der Waals surface area contributed by atoms with Crippen molar-refractivity contribution >= 4 is 5.91 Å². The van der Waals surface area contributed by atoms with Gasteiger partial charge in [0, 0.05) is 33.2 Å². The van der Waals surface area contributed by atoms with E-state index in [2.05, 4.69) is 10.6 Å². The molecule has 0 rings (SSSR count). The Morgan fingerprint density at radius 1 is 1.12 bits per heavy atom. The minimum Gasteiger partial charge on any atom is -0.382 e. The number of carbonyl (C=O) groups excluding carboxylic acids is 1. The maximum atomic E-state index is 11.2. The van der Waals surface area contributed by atoms with E-state index in [-0.39, 0.29) is 5.91 Å². The van der Waals surface area contributed by atoms with Crippen molar-refractivity contribution in [2.24, 2.45) is 0 Å². The second kappa shape index (κ2) is 12.4. The summed E-state index contributed by atoms with van der Waals surface area (Å²) in [7, 11) is 1.65. The molecule has 5 heteroatoms. The number of ether oxygens (including phenoxy) is 2. The first-order chi connectivity index (χ1) is 7.81. The zero-order valence-electron chi connectivity index (χ0n) is 10.4. The van der Waals surface area contributed by atoms with Crippen LogP contribution in [0.3, 0.4) is 0 Å². The minimum atomic E-state index is 0.106. The van der Waals surface area contributed by atoms with E-state index in [1.54, 1.807) is 7.11 Å². The van der Waals surface area contributed by atoms with Gasteiger partial charge in [-0.3, -0.25) is 4.79 Å². The van der Waals surface area contributed by atoms with E-state index in [1.165, 1.54) is 0 Å². The molecule has 96 valence electrons. The molecule has 0 saturated heterocycles. The lowest BCUT2D eigenvalue weighted by Gasteiger charge is -2.06. The quantitative estimate of drug-likeness (QED) is 0.498. The number of methoxy groups -OCH3 is 1. The third-order valence-electron chi connectivity index (χ3n) is 1.96. The first-order valence-electron chi connectivity index (χ1n) is 5.85. The molecule has 0 saturated carbocycles. The number of hydrogen-bond donors (Lipinski definition) is 2. The van der Waals surface area contributed by atoms with Gasteiger partial charge in [0.2, 0.25) is 5.91 Å². The molecule has 16 heavy (non-hydrogen) atoms. The van der Waals surface area contributed by atoms with E-state index < -0.39 is 0 Å². The summed E-state index contributed by atoms with van der Waals surface area (Å²) in [6, 6.07) is 0. The Morgan fingerprint density at radius 3 is 2.62 bits per heavy atom. The number of rotatable bonds is 11. The molecule has 0 aliphatic carbocycles. The molecule has 0 aliphatic heterocycles. The minimum absolute atomic E-state index is 0.106. The summed E-state index contributed by atoms with van der Waals surface area (Å²) in [5.74, 6) is 0.106. The molecule has 0 atom stereocenters. The molecule has 0 heterocycles. The average molecular weight is 232 g/mol. The first kappa shape index (κ1) is 15.3. The van der Waals surface area contributed by atoms with Crippen molar-refractivity contribution in [1.82, 2.24) is 10.6 Å². The summed E-state index contributed by atoms with van der Waals surface area (Å²) < 4.78 is 10.1. The summed E-state index contributed by atoms with van der Waals surface area (Å²) in [5.41, 5.74) is 0. The average Bonchev–Trinajstić information content (AvgIpc) is 2.30. The maximum absolute atomic E-state index is 11.2. The van der Waals surface area contributed by atoms with E-state index in [4.69, 9.17) is 9.47 Å². The highest BCUT2D eigenvalue weighted by atomic mass is 16.5. The first-order valence-corrected chi connectivity index (χ1v) is 5.85. The molecule has 0 aromatic rings. The summed E-state index contributed by atoms with van der Waals surface area (Å²) in [6.07, 6.45) is 1.50. The van der Waals surface area contributed by atoms with Gasteiger partial charge in [0.05, 0.1) is 19.8 Å². The van der Waals surface area contributed by atoms with Crippen molar-refractivity contribution in [3.05, 3.63) is 0 Å². The topological polar surface area (TPSA) is 59.6 Å².